The van der Waals surface area contributed by atoms with E-state index in [1.807, 2.05) is 0 Å². The monoisotopic (exact) mass is 398 g/mol. The van der Waals surface area contributed by atoms with Gasteiger partial charge in [-0.15, -0.1) is 0 Å². The molecule has 2 aromatic rings. The first-order valence-electron chi connectivity index (χ1n) is 9.96. The van der Waals surface area contributed by atoms with Crippen molar-refractivity contribution in [1.82, 2.24) is 10.2 Å². The lowest BCUT2D eigenvalue weighted by Crippen LogP contribution is -2.43. The molecule has 0 saturated carbocycles. The van der Waals surface area contributed by atoms with Gasteiger partial charge in [0.05, 0.1) is 0 Å². The van der Waals surface area contributed by atoms with Crippen molar-refractivity contribution in [2.24, 2.45) is 0 Å². The summed E-state index contributed by atoms with van der Waals surface area (Å²) in [5, 5.41) is 18.6. The molecule has 0 bridgehead atoms. The van der Waals surface area contributed by atoms with Crippen LogP contribution < -0.4 is 5.32 Å². The third-order valence-corrected chi connectivity index (χ3v) is 5.10. The third kappa shape index (κ3) is 8.46. The van der Waals surface area contributed by atoms with Crippen molar-refractivity contribution >= 4 is 11.9 Å². The van der Waals surface area contributed by atoms with Crippen LogP contribution in [-0.4, -0.2) is 52.7 Å². The number of hydrogen-bond donors (Lipinski definition) is 3. The largest absolute Gasteiger partial charge is 0.473 e. The highest BCUT2D eigenvalue weighted by Gasteiger charge is 2.19. The van der Waals surface area contributed by atoms with Gasteiger partial charge in [0.25, 0.3) is 0 Å². The molecule has 1 aliphatic heterocycles. The number of benzene rings is 2. The molecule has 1 atom stereocenters. The van der Waals surface area contributed by atoms with Gasteiger partial charge in [-0.3, -0.25) is 4.90 Å². The Kier molecular flexibility index (Phi) is 9.34. The van der Waals surface area contributed by atoms with Crippen LogP contribution in [0, 0.1) is 0 Å². The van der Waals surface area contributed by atoms with Crippen LogP contribution in [0.3, 0.4) is 0 Å². The molecule has 3 rings (SSSR count). The molecule has 1 saturated heterocycles. The van der Waals surface area contributed by atoms with Crippen molar-refractivity contribution in [2.45, 2.75) is 38.3 Å². The van der Waals surface area contributed by atoms with Crippen molar-refractivity contribution in [3.63, 3.8) is 0 Å². The second kappa shape index (κ2) is 12.0. The van der Waals surface area contributed by atoms with Gasteiger partial charge >= 0.3 is 11.9 Å². The summed E-state index contributed by atoms with van der Waals surface area (Å²) in [6, 6.07) is 22.3. The first kappa shape index (κ1) is 22.6. The Labute approximate surface area is 172 Å². The Hall–Kier alpha value is -2.70. The van der Waals surface area contributed by atoms with Gasteiger partial charge in [-0.1, -0.05) is 67.6 Å². The fourth-order valence-electron chi connectivity index (χ4n) is 3.38. The molecule has 29 heavy (non-hydrogen) atoms. The van der Waals surface area contributed by atoms with Crippen LogP contribution in [0.25, 0.3) is 0 Å². The molecule has 0 amide bonds. The Balaban J connectivity index is 0.000000438. The number of carbonyl (C=O) groups is 2. The zero-order chi connectivity index (χ0) is 21.1. The quantitative estimate of drug-likeness (QED) is 0.648. The summed E-state index contributed by atoms with van der Waals surface area (Å²) in [6.07, 6.45) is 2.52. The van der Waals surface area contributed by atoms with Crippen LogP contribution in [0.2, 0.25) is 0 Å². The molecule has 1 fully saturated rings. The van der Waals surface area contributed by atoms with Gasteiger partial charge in [-0.25, -0.2) is 9.59 Å². The number of aliphatic carboxylic acids is 2. The summed E-state index contributed by atoms with van der Waals surface area (Å²) in [7, 11) is 0. The fourth-order valence-corrected chi connectivity index (χ4v) is 3.38. The SMILES string of the molecule is CC(CNC1CCN(Cc2ccccc2)CC1)c1ccccc1.O=C(O)C(=O)O. The van der Waals surface area contributed by atoms with E-state index in [1.54, 1.807) is 0 Å². The van der Waals surface area contributed by atoms with Gasteiger partial charge in [0, 0.05) is 19.1 Å². The molecule has 6 heteroatoms. The Morgan fingerprint density at radius 1 is 0.966 bits per heavy atom. The normalized spacial score (nSPS) is 15.8. The first-order chi connectivity index (χ1) is 14.0. The molecule has 0 aliphatic carbocycles. The van der Waals surface area contributed by atoms with Crippen molar-refractivity contribution in [3.05, 3.63) is 71.8 Å². The van der Waals surface area contributed by atoms with Gasteiger partial charge < -0.3 is 15.5 Å². The van der Waals surface area contributed by atoms with Gasteiger partial charge in [0.15, 0.2) is 0 Å². The summed E-state index contributed by atoms with van der Waals surface area (Å²) in [4.78, 5) is 20.8. The van der Waals surface area contributed by atoms with E-state index < -0.39 is 11.9 Å². The van der Waals surface area contributed by atoms with E-state index in [-0.39, 0.29) is 0 Å². The smallest absolute Gasteiger partial charge is 0.414 e. The van der Waals surface area contributed by atoms with E-state index in [4.69, 9.17) is 19.8 Å². The maximum Gasteiger partial charge on any atom is 0.414 e. The highest BCUT2D eigenvalue weighted by atomic mass is 16.4. The maximum absolute atomic E-state index is 9.10. The van der Waals surface area contributed by atoms with E-state index in [1.165, 1.54) is 37.1 Å². The van der Waals surface area contributed by atoms with Crippen molar-refractivity contribution in [1.29, 1.82) is 0 Å². The minimum absolute atomic E-state index is 0.582. The number of nitrogens with zero attached hydrogens (tertiary/aromatic N) is 1. The molecule has 1 heterocycles. The van der Waals surface area contributed by atoms with Gasteiger partial charge in [-0.05, 0) is 43.0 Å². The minimum Gasteiger partial charge on any atom is -0.473 e. The number of carboxylic acid groups (broad SMARTS) is 2. The van der Waals surface area contributed by atoms with Crippen molar-refractivity contribution < 1.29 is 19.8 Å². The predicted octanol–water partition coefficient (Wildman–Crippen LogP) is 3.20. The summed E-state index contributed by atoms with van der Waals surface area (Å²) >= 11 is 0. The summed E-state index contributed by atoms with van der Waals surface area (Å²) < 4.78 is 0. The zero-order valence-corrected chi connectivity index (χ0v) is 16.8. The molecular weight excluding hydrogens is 368 g/mol. The van der Waals surface area contributed by atoms with E-state index in [0.29, 0.717) is 12.0 Å². The van der Waals surface area contributed by atoms with Crippen molar-refractivity contribution in [3.8, 4) is 0 Å². The summed E-state index contributed by atoms with van der Waals surface area (Å²) in [5.74, 6) is -3.07. The van der Waals surface area contributed by atoms with Crippen LogP contribution in [0.5, 0.6) is 0 Å². The van der Waals surface area contributed by atoms with Crippen LogP contribution in [0.15, 0.2) is 60.7 Å². The van der Waals surface area contributed by atoms with Crippen molar-refractivity contribution in [2.75, 3.05) is 19.6 Å². The lowest BCUT2D eigenvalue weighted by Gasteiger charge is -2.33. The van der Waals surface area contributed by atoms with E-state index >= 15 is 0 Å². The van der Waals surface area contributed by atoms with E-state index in [2.05, 4.69) is 77.8 Å². The molecule has 3 N–H and O–H groups in total. The second-order valence-electron chi connectivity index (χ2n) is 7.37. The number of nitrogens with one attached hydrogen (secondary N) is 1. The number of rotatable bonds is 6. The molecule has 6 nitrogen and oxygen atoms in total. The topological polar surface area (TPSA) is 89.9 Å². The molecule has 2 aromatic carbocycles. The lowest BCUT2D eigenvalue weighted by atomic mass is 9.99. The van der Waals surface area contributed by atoms with Gasteiger partial charge in [0.1, 0.15) is 0 Å². The molecular formula is C23H30N2O4. The average Bonchev–Trinajstić information content (AvgIpc) is 2.75. The van der Waals surface area contributed by atoms with Crippen LogP contribution in [0.1, 0.15) is 36.8 Å². The average molecular weight is 399 g/mol. The van der Waals surface area contributed by atoms with Crippen LogP contribution >= 0.6 is 0 Å². The lowest BCUT2D eigenvalue weighted by molar-refractivity contribution is -0.159. The highest BCUT2D eigenvalue weighted by molar-refractivity contribution is 6.27. The van der Waals surface area contributed by atoms with Crippen LogP contribution in [0.4, 0.5) is 0 Å². The Morgan fingerprint density at radius 3 is 2.00 bits per heavy atom. The summed E-state index contributed by atoms with van der Waals surface area (Å²) in [6.45, 7) is 6.88. The van der Waals surface area contributed by atoms with E-state index in [0.717, 1.165) is 13.1 Å². The van der Waals surface area contributed by atoms with Gasteiger partial charge in [-0.2, -0.15) is 0 Å². The van der Waals surface area contributed by atoms with E-state index in [9.17, 15) is 0 Å². The number of hydrogen-bond acceptors (Lipinski definition) is 4. The third-order valence-electron chi connectivity index (χ3n) is 5.10. The van der Waals surface area contributed by atoms with Crippen LogP contribution in [-0.2, 0) is 16.1 Å². The minimum atomic E-state index is -1.82. The number of likely N-dealkylation sites (tertiary alicyclic amines) is 1. The van der Waals surface area contributed by atoms with Gasteiger partial charge in [0.2, 0.25) is 0 Å². The number of piperidine rings is 1. The zero-order valence-electron chi connectivity index (χ0n) is 16.8. The first-order valence-corrected chi connectivity index (χ1v) is 9.96. The molecule has 0 aromatic heterocycles. The molecule has 0 spiro atoms. The Bertz CT molecular complexity index is 732. The molecule has 0 radical (unpaired) electrons. The maximum atomic E-state index is 9.10. The second-order valence-corrected chi connectivity index (χ2v) is 7.37. The summed E-state index contributed by atoms with van der Waals surface area (Å²) in [5.41, 5.74) is 2.86. The number of carboxylic acids is 2. The molecule has 156 valence electrons. The molecule has 1 aliphatic rings. The standard InChI is InChI=1S/C21H28N2.C2H2O4/c1-18(20-10-6-3-7-11-20)16-22-21-12-14-23(15-13-21)17-19-8-4-2-5-9-19;3-1(4)2(5)6/h2-11,18,21-22H,12-17H2,1H3;(H,3,4)(H,5,6). The predicted molar refractivity (Wildman–Crippen MR) is 113 cm³/mol. The fraction of sp³-hybridized carbons (Fsp3) is 0.391. The Morgan fingerprint density at radius 2 is 1.48 bits per heavy atom. The molecule has 1 unspecified atom stereocenters. The highest BCUT2D eigenvalue weighted by Crippen LogP contribution is 2.17.